The Labute approximate surface area is 98.8 Å². The molecule has 0 aliphatic carbocycles. The van der Waals surface area contributed by atoms with Gasteiger partial charge >= 0.3 is 6.03 Å². The number of carbonyl (C=O) groups excluding carboxylic acids is 1. The molecule has 2 N–H and O–H groups in total. The molecule has 0 aromatic carbocycles. The van der Waals surface area contributed by atoms with Gasteiger partial charge in [-0.3, -0.25) is 4.90 Å². The molecule has 16 heavy (non-hydrogen) atoms. The molecule has 2 amide bonds. The molecule has 0 aromatic rings. The molecule has 0 radical (unpaired) electrons. The quantitative estimate of drug-likeness (QED) is 0.749. The second-order valence-corrected chi connectivity index (χ2v) is 4.58. The highest BCUT2D eigenvalue weighted by molar-refractivity contribution is 5.73. The highest BCUT2D eigenvalue weighted by Crippen LogP contribution is 2.11. The van der Waals surface area contributed by atoms with E-state index in [4.69, 9.17) is 0 Å². The van der Waals surface area contributed by atoms with Crippen LogP contribution in [0, 0.1) is 0 Å². The van der Waals surface area contributed by atoms with Gasteiger partial charge in [0, 0.05) is 19.1 Å². The molecule has 1 aliphatic heterocycles. The first-order chi connectivity index (χ1) is 7.74. The van der Waals surface area contributed by atoms with Crippen molar-refractivity contribution in [3.8, 4) is 0 Å². The molecule has 1 atom stereocenters. The third-order valence-electron chi connectivity index (χ3n) is 3.11. The molecule has 1 heterocycles. The van der Waals surface area contributed by atoms with Gasteiger partial charge in [0.05, 0.1) is 0 Å². The fourth-order valence-electron chi connectivity index (χ4n) is 2.03. The van der Waals surface area contributed by atoms with Crippen molar-refractivity contribution in [2.24, 2.45) is 0 Å². The van der Waals surface area contributed by atoms with Crippen molar-refractivity contribution in [1.29, 1.82) is 0 Å². The maximum absolute atomic E-state index is 11.3. The lowest BCUT2D eigenvalue weighted by molar-refractivity contribution is 0.170. The summed E-state index contributed by atoms with van der Waals surface area (Å²) in [6.07, 6.45) is 4.93. The van der Waals surface area contributed by atoms with E-state index in [-0.39, 0.29) is 6.03 Å². The van der Waals surface area contributed by atoms with Crippen molar-refractivity contribution < 1.29 is 4.79 Å². The van der Waals surface area contributed by atoms with Crippen LogP contribution in [0.1, 0.15) is 39.5 Å². The van der Waals surface area contributed by atoms with Crippen LogP contribution < -0.4 is 10.6 Å². The monoisotopic (exact) mass is 227 g/mol. The van der Waals surface area contributed by atoms with Crippen LogP contribution in [0.5, 0.6) is 0 Å². The maximum Gasteiger partial charge on any atom is 0.314 e. The Hall–Kier alpha value is -0.770. The lowest BCUT2D eigenvalue weighted by Crippen LogP contribution is -2.46. The lowest BCUT2D eigenvalue weighted by atomic mass is 10.1. The molecular weight excluding hydrogens is 202 g/mol. The minimum Gasteiger partial charge on any atom is -0.338 e. The molecule has 4 nitrogen and oxygen atoms in total. The Morgan fingerprint density at radius 2 is 1.94 bits per heavy atom. The minimum atomic E-state index is -0.0364. The highest BCUT2D eigenvalue weighted by atomic mass is 16.2. The second kappa shape index (κ2) is 7.49. The predicted octanol–water partition coefficient (Wildman–Crippen LogP) is 1.57. The first-order valence-electron chi connectivity index (χ1n) is 6.49. The number of hydrogen-bond donors (Lipinski definition) is 2. The topological polar surface area (TPSA) is 44.4 Å². The van der Waals surface area contributed by atoms with Gasteiger partial charge in [0.1, 0.15) is 0 Å². The molecule has 1 saturated heterocycles. The Kier molecular flexibility index (Phi) is 6.23. The average molecular weight is 227 g/mol. The van der Waals surface area contributed by atoms with Crippen molar-refractivity contribution in [1.82, 2.24) is 15.5 Å². The molecule has 1 rings (SSSR count). The van der Waals surface area contributed by atoms with Crippen molar-refractivity contribution in [3.05, 3.63) is 0 Å². The number of nitrogens with zero attached hydrogens (tertiary/aromatic N) is 1. The number of carbonyl (C=O) groups is 1. The predicted molar refractivity (Wildman–Crippen MR) is 66.6 cm³/mol. The van der Waals surface area contributed by atoms with Crippen molar-refractivity contribution >= 4 is 6.03 Å². The molecular formula is C12H25N3O. The summed E-state index contributed by atoms with van der Waals surface area (Å²) in [6, 6.07) is 0.415. The molecule has 1 unspecified atom stereocenters. The van der Waals surface area contributed by atoms with Gasteiger partial charge in [-0.05, 0) is 39.3 Å². The third-order valence-corrected chi connectivity index (χ3v) is 3.11. The van der Waals surface area contributed by atoms with Crippen LogP contribution in [-0.4, -0.2) is 43.2 Å². The second-order valence-electron chi connectivity index (χ2n) is 4.58. The van der Waals surface area contributed by atoms with Crippen molar-refractivity contribution in [3.63, 3.8) is 0 Å². The summed E-state index contributed by atoms with van der Waals surface area (Å²) < 4.78 is 0. The van der Waals surface area contributed by atoms with E-state index in [0.717, 1.165) is 19.5 Å². The standard InChI is InChI=1S/C12H25N3O/c1-3-7-13-12(16)14-10-11(2)15-8-5-4-6-9-15/h11H,3-10H2,1-2H3,(H2,13,14,16). The number of nitrogens with one attached hydrogen (secondary N) is 2. The molecule has 4 heteroatoms. The molecule has 0 bridgehead atoms. The van der Waals surface area contributed by atoms with Gasteiger partial charge in [0.25, 0.3) is 0 Å². The summed E-state index contributed by atoms with van der Waals surface area (Å²) in [5, 5.41) is 5.74. The summed E-state index contributed by atoms with van der Waals surface area (Å²) in [5.74, 6) is 0. The molecule has 0 aromatic heterocycles. The molecule has 0 spiro atoms. The van der Waals surface area contributed by atoms with E-state index in [9.17, 15) is 4.79 Å². The van der Waals surface area contributed by atoms with Gasteiger partial charge < -0.3 is 10.6 Å². The summed E-state index contributed by atoms with van der Waals surface area (Å²) >= 11 is 0. The fraction of sp³-hybridized carbons (Fsp3) is 0.917. The van der Waals surface area contributed by atoms with Gasteiger partial charge in [-0.25, -0.2) is 4.79 Å². The van der Waals surface area contributed by atoms with Crippen LogP contribution in [0.3, 0.4) is 0 Å². The van der Waals surface area contributed by atoms with Crippen LogP contribution in [0.15, 0.2) is 0 Å². The van der Waals surface area contributed by atoms with E-state index in [1.165, 1.54) is 32.4 Å². The largest absolute Gasteiger partial charge is 0.338 e. The van der Waals surface area contributed by atoms with Crippen molar-refractivity contribution in [2.45, 2.75) is 45.6 Å². The van der Waals surface area contributed by atoms with Crippen LogP contribution in [0.25, 0.3) is 0 Å². The summed E-state index contributed by atoms with van der Waals surface area (Å²) in [7, 11) is 0. The van der Waals surface area contributed by atoms with E-state index < -0.39 is 0 Å². The Morgan fingerprint density at radius 3 is 2.56 bits per heavy atom. The minimum absolute atomic E-state index is 0.0364. The maximum atomic E-state index is 11.3. The summed E-state index contributed by atoms with van der Waals surface area (Å²) in [4.78, 5) is 13.8. The first kappa shape index (κ1) is 13.3. The zero-order chi connectivity index (χ0) is 11.8. The zero-order valence-corrected chi connectivity index (χ0v) is 10.6. The molecule has 94 valence electrons. The SMILES string of the molecule is CCCNC(=O)NCC(C)N1CCCCC1. The van der Waals surface area contributed by atoms with Crippen LogP contribution in [-0.2, 0) is 0 Å². The summed E-state index contributed by atoms with van der Waals surface area (Å²) in [5.41, 5.74) is 0. The van der Waals surface area contributed by atoms with Gasteiger partial charge in [-0.15, -0.1) is 0 Å². The average Bonchev–Trinajstić information content (AvgIpc) is 2.34. The smallest absolute Gasteiger partial charge is 0.314 e. The number of likely N-dealkylation sites (tertiary alicyclic amines) is 1. The van der Waals surface area contributed by atoms with Gasteiger partial charge in [-0.1, -0.05) is 13.3 Å². The Morgan fingerprint density at radius 1 is 1.25 bits per heavy atom. The molecule has 1 fully saturated rings. The summed E-state index contributed by atoms with van der Waals surface area (Å²) in [6.45, 7) is 8.10. The highest BCUT2D eigenvalue weighted by Gasteiger charge is 2.16. The molecule has 1 aliphatic rings. The van der Waals surface area contributed by atoms with Crippen molar-refractivity contribution in [2.75, 3.05) is 26.2 Å². The Bertz CT molecular complexity index is 202. The molecule has 0 saturated carbocycles. The number of rotatable bonds is 5. The number of amides is 2. The van der Waals surface area contributed by atoms with E-state index in [1.807, 2.05) is 0 Å². The van der Waals surface area contributed by atoms with Gasteiger partial charge in [-0.2, -0.15) is 0 Å². The van der Waals surface area contributed by atoms with Gasteiger partial charge in [0.15, 0.2) is 0 Å². The third kappa shape index (κ3) is 4.84. The Balaban J connectivity index is 2.13. The van der Waals surface area contributed by atoms with E-state index in [0.29, 0.717) is 6.04 Å². The first-order valence-corrected chi connectivity index (χ1v) is 6.49. The van der Waals surface area contributed by atoms with Crippen LogP contribution >= 0.6 is 0 Å². The van der Waals surface area contributed by atoms with Crippen LogP contribution in [0.2, 0.25) is 0 Å². The van der Waals surface area contributed by atoms with Crippen LogP contribution in [0.4, 0.5) is 4.79 Å². The number of hydrogen-bond acceptors (Lipinski definition) is 2. The normalized spacial score (nSPS) is 19.1. The van der Waals surface area contributed by atoms with E-state index in [2.05, 4.69) is 29.4 Å². The zero-order valence-electron chi connectivity index (χ0n) is 10.6. The lowest BCUT2D eigenvalue weighted by Gasteiger charge is -2.32. The number of piperidine rings is 1. The van der Waals surface area contributed by atoms with E-state index in [1.54, 1.807) is 0 Å². The number of urea groups is 1. The van der Waals surface area contributed by atoms with E-state index >= 15 is 0 Å². The fourth-order valence-corrected chi connectivity index (χ4v) is 2.03. The van der Waals surface area contributed by atoms with Gasteiger partial charge in [0.2, 0.25) is 0 Å².